The number of amides is 2. The molecule has 2 aromatic carbocycles. The van der Waals surface area contributed by atoms with Crippen molar-refractivity contribution in [1.82, 2.24) is 10.3 Å². The van der Waals surface area contributed by atoms with E-state index >= 15 is 0 Å². The van der Waals surface area contributed by atoms with Crippen molar-refractivity contribution in [2.24, 2.45) is 11.7 Å². The number of nitrogens with one attached hydrogen (secondary N) is 1. The van der Waals surface area contributed by atoms with Crippen LogP contribution in [0.4, 0.5) is 4.79 Å². The highest BCUT2D eigenvalue weighted by atomic mass is 31.0. The first kappa shape index (κ1) is 19.5. The zero-order chi connectivity index (χ0) is 20.4. The number of primary amides is 1. The lowest BCUT2D eigenvalue weighted by Gasteiger charge is -2.13. The first-order valence-corrected chi connectivity index (χ1v) is 10.2. The minimum atomic E-state index is -0.575. The molecule has 0 radical (unpaired) electrons. The van der Waals surface area contributed by atoms with Crippen LogP contribution in [0.15, 0.2) is 40.8 Å². The van der Waals surface area contributed by atoms with Gasteiger partial charge in [0.1, 0.15) is 23.6 Å². The van der Waals surface area contributed by atoms with Crippen LogP contribution in [0.25, 0.3) is 22.6 Å². The van der Waals surface area contributed by atoms with Crippen molar-refractivity contribution < 1.29 is 18.7 Å². The van der Waals surface area contributed by atoms with Gasteiger partial charge in [-0.1, -0.05) is 0 Å². The van der Waals surface area contributed by atoms with E-state index in [9.17, 15) is 4.79 Å². The van der Waals surface area contributed by atoms with Crippen molar-refractivity contribution in [2.75, 3.05) is 13.2 Å². The van der Waals surface area contributed by atoms with Gasteiger partial charge in [0.15, 0.2) is 5.58 Å². The Balaban J connectivity index is 1.46. The Morgan fingerprint density at radius 2 is 2.14 bits per heavy atom. The van der Waals surface area contributed by atoms with Crippen LogP contribution in [-0.2, 0) is 0 Å². The Labute approximate surface area is 171 Å². The van der Waals surface area contributed by atoms with Crippen molar-refractivity contribution in [2.45, 2.75) is 25.8 Å². The van der Waals surface area contributed by atoms with Crippen LogP contribution in [0.2, 0.25) is 0 Å². The number of hydrogen-bond acceptors (Lipinski definition) is 5. The van der Waals surface area contributed by atoms with E-state index in [4.69, 9.17) is 19.6 Å². The highest BCUT2D eigenvalue weighted by Gasteiger charge is 2.22. The molecule has 0 saturated heterocycles. The summed E-state index contributed by atoms with van der Waals surface area (Å²) in [4.78, 5) is 15.4. The number of nitrogens with two attached hydrogens (primary N) is 1. The van der Waals surface area contributed by atoms with Crippen molar-refractivity contribution in [3.05, 3.63) is 36.4 Å². The van der Waals surface area contributed by atoms with E-state index in [-0.39, 0.29) is 6.04 Å². The van der Waals surface area contributed by atoms with Gasteiger partial charge in [-0.15, -0.1) is 9.24 Å². The zero-order valence-corrected chi connectivity index (χ0v) is 17.3. The lowest BCUT2D eigenvalue weighted by molar-refractivity contribution is 0.233. The van der Waals surface area contributed by atoms with Crippen LogP contribution in [0, 0.1) is 5.92 Å². The number of carbonyl (C=O) groups is 1. The van der Waals surface area contributed by atoms with Crippen LogP contribution in [0.5, 0.6) is 11.5 Å². The second kappa shape index (κ2) is 8.29. The Morgan fingerprint density at radius 1 is 1.31 bits per heavy atom. The van der Waals surface area contributed by atoms with E-state index < -0.39 is 6.03 Å². The average Bonchev–Trinajstić information content (AvgIpc) is 3.41. The minimum absolute atomic E-state index is 0.199. The van der Waals surface area contributed by atoms with Gasteiger partial charge in [-0.05, 0) is 56.0 Å². The second-order valence-electron chi connectivity index (χ2n) is 7.38. The standard InChI is InChI=1S/C21H24N3O4P/c1-12(23-21(22)25)10-26-15-5-6-16-18(9-15)28-20(24-16)14-4-7-17(19(29)8-14)27-11-13-2-3-13/h4-9,12-13H,2-3,10-11,29H2,1H3,(H3,22,23,25)/t12-/m0/s1. The van der Waals surface area contributed by atoms with Gasteiger partial charge in [-0.25, -0.2) is 9.78 Å². The fourth-order valence-electron chi connectivity index (χ4n) is 2.93. The summed E-state index contributed by atoms with van der Waals surface area (Å²) >= 11 is 0. The molecule has 152 valence electrons. The van der Waals surface area contributed by atoms with Crippen LogP contribution in [0.3, 0.4) is 0 Å². The molecule has 4 rings (SSSR count). The molecule has 1 heterocycles. The topological polar surface area (TPSA) is 99.6 Å². The number of benzene rings is 2. The van der Waals surface area contributed by atoms with Crippen LogP contribution >= 0.6 is 9.24 Å². The third kappa shape index (κ3) is 4.98. The van der Waals surface area contributed by atoms with Crippen LogP contribution in [-0.4, -0.2) is 30.3 Å². The molecule has 2 atom stereocenters. The summed E-state index contributed by atoms with van der Waals surface area (Å²) in [6.45, 7) is 2.89. The number of ether oxygens (including phenoxy) is 2. The molecular weight excluding hydrogens is 389 g/mol. The average molecular weight is 413 g/mol. The molecule has 1 unspecified atom stereocenters. The molecule has 2 amide bonds. The van der Waals surface area contributed by atoms with E-state index in [0.717, 1.165) is 28.7 Å². The summed E-state index contributed by atoms with van der Waals surface area (Å²) in [6, 6.07) is 10.6. The molecule has 0 bridgehead atoms. The maximum absolute atomic E-state index is 10.9. The number of nitrogens with zero attached hydrogens (tertiary/aromatic N) is 1. The third-order valence-electron chi connectivity index (χ3n) is 4.68. The number of urea groups is 1. The smallest absolute Gasteiger partial charge is 0.312 e. The maximum atomic E-state index is 10.9. The maximum Gasteiger partial charge on any atom is 0.312 e. The van der Waals surface area contributed by atoms with E-state index in [1.165, 1.54) is 12.8 Å². The van der Waals surface area contributed by atoms with Crippen molar-refractivity contribution >= 4 is 31.7 Å². The summed E-state index contributed by atoms with van der Waals surface area (Å²) < 4.78 is 17.5. The van der Waals surface area contributed by atoms with Gasteiger partial charge in [0.2, 0.25) is 5.89 Å². The highest BCUT2D eigenvalue weighted by Crippen LogP contribution is 2.31. The highest BCUT2D eigenvalue weighted by molar-refractivity contribution is 7.27. The molecule has 8 heteroatoms. The fourth-order valence-corrected chi connectivity index (χ4v) is 3.29. The Morgan fingerprint density at radius 3 is 2.86 bits per heavy atom. The van der Waals surface area contributed by atoms with E-state index in [0.29, 0.717) is 29.7 Å². The molecule has 1 aromatic heterocycles. The molecule has 3 N–H and O–H groups in total. The summed E-state index contributed by atoms with van der Waals surface area (Å²) in [6.07, 6.45) is 2.53. The summed E-state index contributed by atoms with van der Waals surface area (Å²) in [5.74, 6) is 2.76. The number of carbonyl (C=O) groups excluding carboxylic acids is 1. The fraction of sp³-hybridized carbons (Fsp3) is 0.333. The molecule has 0 spiro atoms. The van der Waals surface area contributed by atoms with Gasteiger partial charge in [-0.3, -0.25) is 0 Å². The Kier molecular flexibility index (Phi) is 5.58. The SMILES string of the molecule is C[C@@H](COc1ccc2nc(-c3ccc(OCC4CC4)c(P)c3)oc2c1)NC(N)=O. The Bertz CT molecular complexity index is 1030. The van der Waals surface area contributed by atoms with Gasteiger partial charge in [0.05, 0.1) is 12.6 Å². The monoisotopic (exact) mass is 413 g/mol. The first-order valence-electron chi connectivity index (χ1n) is 9.60. The summed E-state index contributed by atoms with van der Waals surface area (Å²) in [5.41, 5.74) is 7.37. The number of hydrogen-bond donors (Lipinski definition) is 2. The number of oxazole rings is 1. The largest absolute Gasteiger partial charge is 0.493 e. The van der Waals surface area contributed by atoms with E-state index in [1.807, 2.05) is 37.3 Å². The molecule has 7 nitrogen and oxygen atoms in total. The number of aromatic nitrogens is 1. The molecule has 29 heavy (non-hydrogen) atoms. The summed E-state index contributed by atoms with van der Waals surface area (Å²) in [7, 11) is 2.71. The number of rotatable bonds is 8. The molecular formula is C21H24N3O4P. The van der Waals surface area contributed by atoms with Crippen LogP contribution in [0.1, 0.15) is 19.8 Å². The normalized spacial score (nSPS) is 14.6. The molecule has 1 aliphatic rings. The molecule has 1 aliphatic carbocycles. The zero-order valence-electron chi connectivity index (χ0n) is 16.2. The first-order chi connectivity index (χ1) is 14.0. The van der Waals surface area contributed by atoms with Gasteiger partial charge < -0.3 is 24.9 Å². The number of fused-ring (bicyclic) bond motifs is 1. The quantitative estimate of drug-likeness (QED) is 0.553. The molecule has 0 aliphatic heterocycles. The Hall–Kier alpha value is -2.79. The van der Waals surface area contributed by atoms with Gasteiger partial charge in [0.25, 0.3) is 0 Å². The predicted octanol–water partition coefficient (Wildman–Crippen LogP) is 3.22. The third-order valence-corrected chi connectivity index (χ3v) is 5.13. The van der Waals surface area contributed by atoms with Crippen molar-refractivity contribution in [3.8, 4) is 23.0 Å². The predicted molar refractivity (Wildman–Crippen MR) is 115 cm³/mol. The van der Waals surface area contributed by atoms with Gasteiger partial charge in [0, 0.05) is 16.9 Å². The van der Waals surface area contributed by atoms with E-state index in [2.05, 4.69) is 19.5 Å². The van der Waals surface area contributed by atoms with Gasteiger partial charge in [-0.2, -0.15) is 0 Å². The molecule has 1 saturated carbocycles. The lowest BCUT2D eigenvalue weighted by Crippen LogP contribution is -2.40. The lowest BCUT2D eigenvalue weighted by atomic mass is 10.2. The van der Waals surface area contributed by atoms with Crippen molar-refractivity contribution in [3.63, 3.8) is 0 Å². The molecule has 1 fully saturated rings. The van der Waals surface area contributed by atoms with E-state index in [1.54, 1.807) is 6.07 Å². The molecule has 3 aromatic rings. The second-order valence-corrected chi connectivity index (χ2v) is 8.00. The van der Waals surface area contributed by atoms with Crippen molar-refractivity contribution in [1.29, 1.82) is 0 Å². The minimum Gasteiger partial charge on any atom is -0.493 e. The van der Waals surface area contributed by atoms with Gasteiger partial charge >= 0.3 is 6.03 Å². The van der Waals surface area contributed by atoms with Crippen LogP contribution < -0.4 is 25.8 Å². The summed E-state index contributed by atoms with van der Waals surface area (Å²) in [5, 5.41) is 3.55.